The first kappa shape index (κ1) is 12.0. The van der Waals surface area contributed by atoms with Gasteiger partial charge in [0.15, 0.2) is 0 Å². The highest BCUT2D eigenvalue weighted by Crippen LogP contribution is 2.22. The lowest BCUT2D eigenvalue weighted by Crippen LogP contribution is -2.05. The van der Waals surface area contributed by atoms with Gasteiger partial charge in [-0.15, -0.1) is 0 Å². The standard InChI is InChI=1S/C14H20N2O/c1-9(2)14-11(5)16-7-6-12(17-10(3)4)8-13(16)15-14/h6-10H,1-5H3. The molecule has 0 saturated heterocycles. The molecule has 0 spiro atoms. The fraction of sp³-hybridized carbons (Fsp3) is 0.500. The SMILES string of the molecule is Cc1c(C(C)C)nc2cc(OC(C)C)ccn12. The predicted octanol–water partition coefficient (Wildman–Crippen LogP) is 3.55. The van der Waals surface area contributed by atoms with E-state index in [2.05, 4.69) is 30.2 Å². The van der Waals surface area contributed by atoms with Crippen LogP contribution in [0.25, 0.3) is 5.65 Å². The molecule has 0 atom stereocenters. The van der Waals surface area contributed by atoms with Crippen LogP contribution in [0.3, 0.4) is 0 Å². The van der Waals surface area contributed by atoms with E-state index in [0.717, 1.165) is 17.1 Å². The minimum absolute atomic E-state index is 0.193. The molecule has 2 aromatic rings. The summed E-state index contributed by atoms with van der Waals surface area (Å²) < 4.78 is 7.79. The van der Waals surface area contributed by atoms with Gasteiger partial charge in [-0.25, -0.2) is 4.98 Å². The fourth-order valence-corrected chi connectivity index (χ4v) is 2.06. The van der Waals surface area contributed by atoms with E-state index in [9.17, 15) is 0 Å². The van der Waals surface area contributed by atoms with Gasteiger partial charge in [0.05, 0.1) is 11.8 Å². The van der Waals surface area contributed by atoms with Crippen molar-refractivity contribution in [1.29, 1.82) is 0 Å². The van der Waals surface area contributed by atoms with E-state index in [-0.39, 0.29) is 6.10 Å². The lowest BCUT2D eigenvalue weighted by molar-refractivity contribution is 0.242. The summed E-state index contributed by atoms with van der Waals surface area (Å²) in [5, 5.41) is 0. The number of nitrogens with zero attached hydrogens (tertiary/aromatic N) is 2. The van der Waals surface area contributed by atoms with Crippen molar-refractivity contribution >= 4 is 5.65 Å². The van der Waals surface area contributed by atoms with Gasteiger partial charge in [-0.05, 0) is 32.8 Å². The Morgan fingerprint density at radius 1 is 1.24 bits per heavy atom. The van der Waals surface area contributed by atoms with E-state index in [1.807, 2.05) is 32.2 Å². The van der Waals surface area contributed by atoms with Crippen LogP contribution in [0.5, 0.6) is 5.75 Å². The van der Waals surface area contributed by atoms with E-state index >= 15 is 0 Å². The van der Waals surface area contributed by atoms with Gasteiger partial charge in [0.1, 0.15) is 11.4 Å². The van der Waals surface area contributed by atoms with Gasteiger partial charge >= 0.3 is 0 Å². The van der Waals surface area contributed by atoms with Crippen LogP contribution >= 0.6 is 0 Å². The third kappa shape index (κ3) is 2.28. The topological polar surface area (TPSA) is 26.5 Å². The fourth-order valence-electron chi connectivity index (χ4n) is 2.06. The van der Waals surface area contributed by atoms with Gasteiger partial charge in [0, 0.05) is 18.0 Å². The Morgan fingerprint density at radius 2 is 1.94 bits per heavy atom. The molecule has 0 bridgehead atoms. The minimum Gasteiger partial charge on any atom is -0.491 e. The lowest BCUT2D eigenvalue weighted by Gasteiger charge is -2.09. The summed E-state index contributed by atoms with van der Waals surface area (Å²) in [5.74, 6) is 1.33. The molecule has 0 amide bonds. The van der Waals surface area contributed by atoms with Crippen LogP contribution < -0.4 is 4.74 Å². The molecule has 2 rings (SSSR count). The van der Waals surface area contributed by atoms with Crippen LogP contribution in [0.4, 0.5) is 0 Å². The molecule has 0 unspecified atom stereocenters. The van der Waals surface area contributed by atoms with E-state index in [0.29, 0.717) is 5.92 Å². The summed E-state index contributed by atoms with van der Waals surface area (Å²) in [5.41, 5.74) is 3.34. The van der Waals surface area contributed by atoms with Crippen LogP contribution in [0.1, 0.15) is 45.0 Å². The Kier molecular flexibility index (Phi) is 3.09. The summed E-state index contributed by atoms with van der Waals surface area (Å²) >= 11 is 0. The molecule has 0 N–H and O–H groups in total. The van der Waals surface area contributed by atoms with Crippen LogP contribution in [-0.4, -0.2) is 15.5 Å². The van der Waals surface area contributed by atoms with Crippen molar-refractivity contribution in [2.75, 3.05) is 0 Å². The van der Waals surface area contributed by atoms with E-state index < -0.39 is 0 Å². The van der Waals surface area contributed by atoms with Crippen molar-refractivity contribution in [1.82, 2.24) is 9.38 Å². The van der Waals surface area contributed by atoms with Gasteiger partial charge in [-0.2, -0.15) is 0 Å². The molecule has 0 aliphatic rings. The molecule has 92 valence electrons. The number of imidazole rings is 1. The van der Waals surface area contributed by atoms with Crippen molar-refractivity contribution < 1.29 is 4.74 Å². The zero-order valence-electron chi connectivity index (χ0n) is 11.2. The zero-order valence-corrected chi connectivity index (χ0v) is 11.2. The van der Waals surface area contributed by atoms with E-state index in [1.54, 1.807) is 0 Å². The third-order valence-corrected chi connectivity index (χ3v) is 2.79. The molecule has 0 fully saturated rings. The molecule has 2 heterocycles. The highest BCUT2D eigenvalue weighted by Gasteiger charge is 2.11. The Labute approximate surface area is 102 Å². The van der Waals surface area contributed by atoms with Gasteiger partial charge in [-0.3, -0.25) is 0 Å². The van der Waals surface area contributed by atoms with Crippen molar-refractivity contribution in [2.45, 2.75) is 46.6 Å². The van der Waals surface area contributed by atoms with Gasteiger partial charge in [0.25, 0.3) is 0 Å². The molecule has 0 aromatic carbocycles. The number of aromatic nitrogens is 2. The molecule has 2 aromatic heterocycles. The van der Waals surface area contributed by atoms with Gasteiger partial charge in [0.2, 0.25) is 0 Å². The summed E-state index contributed by atoms with van der Waals surface area (Å²) in [6.45, 7) is 10.5. The van der Waals surface area contributed by atoms with Crippen LogP contribution in [0.2, 0.25) is 0 Å². The van der Waals surface area contributed by atoms with E-state index in [4.69, 9.17) is 4.74 Å². The van der Waals surface area contributed by atoms with Crippen molar-refractivity contribution in [3.63, 3.8) is 0 Å². The largest absolute Gasteiger partial charge is 0.491 e. The van der Waals surface area contributed by atoms with Crippen LogP contribution in [-0.2, 0) is 0 Å². The maximum atomic E-state index is 5.68. The third-order valence-electron chi connectivity index (χ3n) is 2.79. The average Bonchev–Trinajstić information content (AvgIpc) is 2.55. The average molecular weight is 232 g/mol. The summed E-state index contributed by atoms with van der Waals surface area (Å²) in [4.78, 5) is 4.66. The normalized spacial score (nSPS) is 11.7. The number of hydrogen-bond donors (Lipinski definition) is 0. The first-order valence-electron chi connectivity index (χ1n) is 6.14. The molecule has 17 heavy (non-hydrogen) atoms. The highest BCUT2D eigenvalue weighted by atomic mass is 16.5. The molecule has 3 nitrogen and oxygen atoms in total. The maximum absolute atomic E-state index is 5.68. The highest BCUT2D eigenvalue weighted by molar-refractivity contribution is 5.48. The Bertz CT molecular complexity index is 526. The second-order valence-corrected chi connectivity index (χ2v) is 4.99. The number of rotatable bonds is 3. The number of aryl methyl sites for hydroxylation is 1. The van der Waals surface area contributed by atoms with Gasteiger partial charge in [-0.1, -0.05) is 13.8 Å². The van der Waals surface area contributed by atoms with Crippen LogP contribution in [0.15, 0.2) is 18.3 Å². The molecule has 0 aliphatic heterocycles. The predicted molar refractivity (Wildman–Crippen MR) is 69.8 cm³/mol. The summed E-state index contributed by atoms with van der Waals surface area (Å²) in [7, 11) is 0. The number of hydrogen-bond acceptors (Lipinski definition) is 2. The Balaban J connectivity index is 2.48. The molecular weight excluding hydrogens is 212 g/mol. The first-order valence-corrected chi connectivity index (χ1v) is 6.14. The maximum Gasteiger partial charge on any atom is 0.140 e. The number of fused-ring (bicyclic) bond motifs is 1. The minimum atomic E-state index is 0.193. The quantitative estimate of drug-likeness (QED) is 0.809. The van der Waals surface area contributed by atoms with Crippen molar-refractivity contribution in [2.24, 2.45) is 0 Å². The lowest BCUT2D eigenvalue weighted by atomic mass is 10.1. The number of ether oxygens (including phenoxy) is 1. The molecule has 0 saturated carbocycles. The smallest absolute Gasteiger partial charge is 0.140 e. The first-order chi connectivity index (χ1) is 7.99. The molecular formula is C14H20N2O. The zero-order chi connectivity index (χ0) is 12.6. The van der Waals surface area contributed by atoms with Crippen LogP contribution in [0, 0.1) is 6.92 Å². The summed E-state index contributed by atoms with van der Waals surface area (Å²) in [6, 6.07) is 3.99. The van der Waals surface area contributed by atoms with E-state index in [1.165, 1.54) is 5.69 Å². The molecule has 0 radical (unpaired) electrons. The second-order valence-electron chi connectivity index (χ2n) is 4.99. The molecule has 0 aliphatic carbocycles. The molecule has 3 heteroatoms. The summed E-state index contributed by atoms with van der Waals surface area (Å²) in [6.07, 6.45) is 2.22. The van der Waals surface area contributed by atoms with Crippen molar-refractivity contribution in [3.8, 4) is 5.75 Å². The monoisotopic (exact) mass is 232 g/mol. The number of pyridine rings is 1. The Hall–Kier alpha value is -1.51. The van der Waals surface area contributed by atoms with Gasteiger partial charge < -0.3 is 9.14 Å². The second kappa shape index (κ2) is 4.40. The Morgan fingerprint density at radius 3 is 2.53 bits per heavy atom. The van der Waals surface area contributed by atoms with Crippen molar-refractivity contribution in [3.05, 3.63) is 29.7 Å².